The molecule has 7 nitrogen and oxygen atoms in total. The summed E-state index contributed by atoms with van der Waals surface area (Å²) in [5.74, 6) is -0.637. The number of alkyl halides is 3. The second-order valence-electron chi connectivity index (χ2n) is 7.04. The van der Waals surface area contributed by atoms with Gasteiger partial charge in [0.1, 0.15) is 11.5 Å². The number of nitrogens with one attached hydrogen (secondary N) is 2. The largest absolute Gasteiger partial charge is 0.477 e. The van der Waals surface area contributed by atoms with E-state index in [0.717, 1.165) is 12.1 Å². The van der Waals surface area contributed by atoms with Gasteiger partial charge in [0.05, 0.1) is 16.3 Å². The number of urea groups is 1. The van der Waals surface area contributed by atoms with E-state index in [1.165, 1.54) is 36.5 Å². The number of carbonyl (C=O) groups excluding carboxylic acids is 1. The normalized spacial score (nSPS) is 11.0. The topological polar surface area (TPSA) is 101 Å². The standard InChI is InChI=1S/C23H17ClF3N3O4/c1-12(2)16-10-14(34-15-7-8-28-20(11-15)21(31)32)4-6-19(16)30-22(33)29-13-3-5-18(24)17(9-13)23(25,26)27/h3-11H,1H2,2H3,(H,31,32)(H2,29,30,33). The number of nitrogens with zero attached hydrogens (tertiary/aromatic N) is 1. The van der Waals surface area contributed by atoms with E-state index < -0.39 is 28.8 Å². The summed E-state index contributed by atoms with van der Waals surface area (Å²) in [6.07, 6.45) is -3.38. The van der Waals surface area contributed by atoms with Crippen molar-refractivity contribution >= 4 is 40.5 Å². The molecule has 1 heterocycles. The Bertz CT molecular complexity index is 1280. The van der Waals surface area contributed by atoms with Gasteiger partial charge in [-0.1, -0.05) is 18.2 Å². The Morgan fingerprint density at radius 1 is 1.06 bits per heavy atom. The summed E-state index contributed by atoms with van der Waals surface area (Å²) >= 11 is 5.60. The highest BCUT2D eigenvalue weighted by molar-refractivity contribution is 6.31. The predicted octanol–water partition coefficient (Wildman–Crippen LogP) is 6.92. The van der Waals surface area contributed by atoms with Crippen LogP contribution < -0.4 is 15.4 Å². The molecule has 34 heavy (non-hydrogen) atoms. The molecule has 2 aromatic carbocycles. The summed E-state index contributed by atoms with van der Waals surface area (Å²) in [5.41, 5.74) is 0.0165. The number of amides is 2. The summed E-state index contributed by atoms with van der Waals surface area (Å²) in [6, 6.07) is 9.58. The van der Waals surface area contributed by atoms with Crippen LogP contribution in [0.5, 0.6) is 11.5 Å². The van der Waals surface area contributed by atoms with Crippen molar-refractivity contribution in [2.75, 3.05) is 10.6 Å². The van der Waals surface area contributed by atoms with Gasteiger partial charge in [-0.25, -0.2) is 14.6 Å². The van der Waals surface area contributed by atoms with Crippen LogP contribution in [0.1, 0.15) is 28.5 Å². The van der Waals surface area contributed by atoms with Crippen LogP contribution in [0.4, 0.5) is 29.3 Å². The molecule has 3 aromatic rings. The summed E-state index contributed by atoms with van der Waals surface area (Å²) in [6.45, 7) is 5.54. The molecule has 2 amide bonds. The van der Waals surface area contributed by atoms with Crippen molar-refractivity contribution in [1.82, 2.24) is 4.98 Å². The Labute approximate surface area is 196 Å². The number of benzene rings is 2. The minimum absolute atomic E-state index is 0.0991. The molecule has 0 saturated heterocycles. The molecule has 0 atom stereocenters. The van der Waals surface area contributed by atoms with Crippen LogP contribution in [0.15, 0.2) is 61.3 Å². The van der Waals surface area contributed by atoms with Crippen LogP contribution in [0.3, 0.4) is 0 Å². The fourth-order valence-electron chi connectivity index (χ4n) is 2.88. The third-order valence-electron chi connectivity index (χ3n) is 4.41. The van der Waals surface area contributed by atoms with Gasteiger partial charge in [0.2, 0.25) is 0 Å². The quantitative estimate of drug-likeness (QED) is 0.347. The molecule has 3 rings (SSSR count). The maximum absolute atomic E-state index is 13.0. The van der Waals surface area contributed by atoms with Gasteiger partial charge in [-0.2, -0.15) is 13.2 Å². The first-order valence-electron chi connectivity index (χ1n) is 9.56. The van der Waals surface area contributed by atoms with E-state index in [4.69, 9.17) is 21.4 Å². The SMILES string of the molecule is C=C(C)c1cc(Oc2ccnc(C(=O)O)c2)ccc1NC(=O)Nc1ccc(Cl)c(C(F)(F)F)c1. The molecule has 0 spiro atoms. The zero-order valence-electron chi connectivity index (χ0n) is 17.5. The Morgan fingerprint density at radius 3 is 2.41 bits per heavy atom. The molecule has 0 aliphatic heterocycles. The first-order valence-corrected chi connectivity index (χ1v) is 9.93. The summed E-state index contributed by atoms with van der Waals surface area (Å²) in [4.78, 5) is 27.2. The number of ether oxygens (including phenoxy) is 1. The highest BCUT2D eigenvalue weighted by atomic mass is 35.5. The van der Waals surface area contributed by atoms with Crippen LogP contribution >= 0.6 is 11.6 Å². The molecule has 0 bridgehead atoms. The fourth-order valence-corrected chi connectivity index (χ4v) is 3.11. The van der Waals surface area contributed by atoms with Crippen LogP contribution in [0.25, 0.3) is 5.57 Å². The molecule has 176 valence electrons. The Balaban J connectivity index is 1.78. The van der Waals surface area contributed by atoms with Crippen molar-refractivity contribution in [1.29, 1.82) is 0 Å². The molecule has 0 aliphatic carbocycles. The second-order valence-corrected chi connectivity index (χ2v) is 7.45. The number of carbonyl (C=O) groups is 2. The Morgan fingerprint density at radius 2 is 1.76 bits per heavy atom. The number of halogens is 4. The number of carboxylic acids is 1. The lowest BCUT2D eigenvalue weighted by molar-refractivity contribution is -0.137. The molecule has 0 unspecified atom stereocenters. The zero-order valence-corrected chi connectivity index (χ0v) is 18.3. The van der Waals surface area contributed by atoms with Crippen molar-refractivity contribution in [3.8, 4) is 11.5 Å². The lowest BCUT2D eigenvalue weighted by atomic mass is 10.1. The van der Waals surface area contributed by atoms with E-state index >= 15 is 0 Å². The van der Waals surface area contributed by atoms with Gasteiger partial charge in [0, 0.05) is 23.5 Å². The summed E-state index contributed by atoms with van der Waals surface area (Å²) in [7, 11) is 0. The van der Waals surface area contributed by atoms with Gasteiger partial charge in [0.15, 0.2) is 5.69 Å². The predicted molar refractivity (Wildman–Crippen MR) is 122 cm³/mol. The number of hydrogen-bond acceptors (Lipinski definition) is 4. The number of anilines is 2. The number of aromatic carboxylic acids is 1. The average molecular weight is 492 g/mol. The first-order chi connectivity index (χ1) is 15.9. The van der Waals surface area contributed by atoms with Gasteiger partial charge in [-0.05, 0) is 55.0 Å². The molecule has 0 radical (unpaired) electrons. The zero-order chi connectivity index (χ0) is 25.0. The molecular weight excluding hydrogens is 475 g/mol. The lowest BCUT2D eigenvalue weighted by Gasteiger charge is -2.15. The highest BCUT2D eigenvalue weighted by Crippen LogP contribution is 2.36. The number of pyridine rings is 1. The van der Waals surface area contributed by atoms with Crippen molar-refractivity contribution < 1.29 is 32.6 Å². The highest BCUT2D eigenvalue weighted by Gasteiger charge is 2.33. The van der Waals surface area contributed by atoms with Crippen LogP contribution in [0.2, 0.25) is 5.02 Å². The summed E-state index contributed by atoms with van der Waals surface area (Å²) in [5, 5.41) is 13.5. The van der Waals surface area contributed by atoms with E-state index in [1.54, 1.807) is 13.0 Å². The van der Waals surface area contributed by atoms with E-state index in [2.05, 4.69) is 22.2 Å². The molecule has 11 heteroatoms. The average Bonchev–Trinajstić information content (AvgIpc) is 2.75. The first kappa shape index (κ1) is 24.6. The van der Waals surface area contributed by atoms with E-state index in [0.29, 0.717) is 22.6 Å². The number of carboxylic acid groups (broad SMARTS) is 1. The number of hydrogen-bond donors (Lipinski definition) is 3. The summed E-state index contributed by atoms with van der Waals surface area (Å²) < 4.78 is 44.8. The van der Waals surface area contributed by atoms with Crippen molar-refractivity contribution in [2.45, 2.75) is 13.1 Å². The van der Waals surface area contributed by atoms with Crippen molar-refractivity contribution in [3.05, 3.63) is 83.2 Å². The minimum atomic E-state index is -4.67. The maximum atomic E-state index is 13.0. The molecule has 1 aromatic heterocycles. The third-order valence-corrected chi connectivity index (χ3v) is 4.74. The lowest BCUT2D eigenvalue weighted by Crippen LogP contribution is -2.20. The van der Waals surface area contributed by atoms with Gasteiger partial charge in [-0.3, -0.25) is 0 Å². The maximum Gasteiger partial charge on any atom is 0.417 e. The van der Waals surface area contributed by atoms with Gasteiger partial charge in [0.25, 0.3) is 0 Å². The smallest absolute Gasteiger partial charge is 0.417 e. The van der Waals surface area contributed by atoms with Crippen LogP contribution in [0, 0.1) is 0 Å². The van der Waals surface area contributed by atoms with Gasteiger partial charge >= 0.3 is 18.2 Å². The molecule has 3 N–H and O–H groups in total. The second kappa shape index (κ2) is 9.84. The number of aromatic nitrogens is 1. The van der Waals surface area contributed by atoms with E-state index in [1.807, 2.05) is 0 Å². The van der Waals surface area contributed by atoms with Crippen molar-refractivity contribution in [2.24, 2.45) is 0 Å². The number of rotatable bonds is 6. The van der Waals surface area contributed by atoms with Crippen molar-refractivity contribution in [3.63, 3.8) is 0 Å². The van der Waals surface area contributed by atoms with E-state index in [9.17, 15) is 22.8 Å². The van der Waals surface area contributed by atoms with Crippen LogP contribution in [-0.4, -0.2) is 22.1 Å². The van der Waals surface area contributed by atoms with Gasteiger partial charge in [-0.15, -0.1) is 0 Å². The van der Waals surface area contributed by atoms with E-state index in [-0.39, 0.29) is 17.1 Å². The van der Waals surface area contributed by atoms with Gasteiger partial charge < -0.3 is 20.5 Å². The molecule has 0 fully saturated rings. The van der Waals surface area contributed by atoms with Crippen LogP contribution in [-0.2, 0) is 6.18 Å². The molecular formula is C23H17ClF3N3O4. The Kier molecular flexibility index (Phi) is 7.11. The molecule has 0 aliphatic rings. The monoisotopic (exact) mass is 491 g/mol. The Hall–Kier alpha value is -4.05. The number of allylic oxidation sites excluding steroid dienone is 1. The third kappa shape index (κ3) is 6.04. The fraction of sp³-hybridized carbons (Fsp3) is 0.0870. The minimum Gasteiger partial charge on any atom is -0.477 e. The molecule has 0 saturated carbocycles.